The molecule has 1 saturated heterocycles. The van der Waals surface area contributed by atoms with E-state index in [1.807, 2.05) is 41.3 Å². The van der Waals surface area contributed by atoms with Gasteiger partial charge in [0.25, 0.3) is 5.91 Å². The Labute approximate surface area is 164 Å². The molecule has 6 nitrogen and oxygen atoms in total. The number of hydrogen-bond donors (Lipinski definition) is 1. The zero-order valence-electron chi connectivity index (χ0n) is 15.7. The van der Waals surface area contributed by atoms with Crippen LogP contribution in [0.15, 0.2) is 48.5 Å². The second kappa shape index (κ2) is 8.33. The maximum absolute atomic E-state index is 12.8. The highest BCUT2D eigenvalue weighted by molar-refractivity contribution is 5.94. The van der Waals surface area contributed by atoms with E-state index in [2.05, 4.69) is 5.32 Å². The van der Waals surface area contributed by atoms with Gasteiger partial charge in [-0.25, -0.2) is 0 Å². The van der Waals surface area contributed by atoms with Crippen molar-refractivity contribution in [1.29, 1.82) is 0 Å². The molecule has 28 heavy (non-hydrogen) atoms. The predicted octanol–water partition coefficient (Wildman–Crippen LogP) is 2.94. The molecule has 0 radical (unpaired) electrons. The van der Waals surface area contributed by atoms with Gasteiger partial charge >= 0.3 is 0 Å². The van der Waals surface area contributed by atoms with E-state index < -0.39 is 0 Å². The summed E-state index contributed by atoms with van der Waals surface area (Å²) in [5.74, 6) is 1.41. The van der Waals surface area contributed by atoms with Crippen molar-refractivity contribution in [3.05, 3.63) is 59.7 Å². The molecule has 0 saturated carbocycles. The van der Waals surface area contributed by atoms with Crippen LogP contribution >= 0.6 is 0 Å². The molecular weight excluding hydrogens is 356 g/mol. The number of nitrogens with zero attached hydrogens (tertiary/aromatic N) is 1. The summed E-state index contributed by atoms with van der Waals surface area (Å²) < 4.78 is 11.3. The molecule has 1 unspecified atom stereocenters. The minimum Gasteiger partial charge on any atom is -0.486 e. The number of amides is 2. The highest BCUT2D eigenvalue weighted by atomic mass is 16.6. The minimum atomic E-state index is -0.154. The first-order valence-electron chi connectivity index (χ1n) is 9.74. The third-order valence-electron chi connectivity index (χ3n) is 5.18. The summed E-state index contributed by atoms with van der Waals surface area (Å²) in [6, 6.07) is 15.0. The van der Waals surface area contributed by atoms with Crippen LogP contribution in [0.1, 0.15) is 41.2 Å². The van der Waals surface area contributed by atoms with Crippen molar-refractivity contribution in [1.82, 2.24) is 10.2 Å². The highest BCUT2D eigenvalue weighted by Crippen LogP contribution is 2.38. The molecule has 0 spiro atoms. The van der Waals surface area contributed by atoms with Gasteiger partial charge in [-0.15, -0.1) is 0 Å². The van der Waals surface area contributed by atoms with E-state index in [9.17, 15) is 9.59 Å². The molecule has 1 N–H and O–H groups in total. The second-order valence-corrected chi connectivity index (χ2v) is 7.02. The lowest BCUT2D eigenvalue weighted by Gasteiger charge is -2.27. The van der Waals surface area contributed by atoms with Crippen molar-refractivity contribution in [2.24, 2.45) is 0 Å². The Kier molecular flexibility index (Phi) is 5.46. The van der Waals surface area contributed by atoms with Crippen LogP contribution in [0, 0.1) is 0 Å². The third-order valence-corrected chi connectivity index (χ3v) is 5.18. The van der Waals surface area contributed by atoms with Crippen LogP contribution in [0.4, 0.5) is 0 Å². The zero-order chi connectivity index (χ0) is 19.3. The molecule has 2 aromatic rings. The lowest BCUT2D eigenvalue weighted by atomic mass is 10.0. The molecule has 4 rings (SSSR count). The third kappa shape index (κ3) is 3.96. The number of likely N-dealkylation sites (tertiary alicyclic amines) is 1. The number of hydrogen-bond acceptors (Lipinski definition) is 4. The number of benzene rings is 2. The van der Waals surface area contributed by atoms with Crippen LogP contribution in [-0.2, 0) is 4.79 Å². The van der Waals surface area contributed by atoms with Crippen LogP contribution in [0.3, 0.4) is 0 Å². The lowest BCUT2D eigenvalue weighted by Crippen LogP contribution is -2.34. The van der Waals surface area contributed by atoms with Gasteiger partial charge in [0, 0.05) is 25.1 Å². The Bertz CT molecular complexity index is 853. The van der Waals surface area contributed by atoms with E-state index in [0.29, 0.717) is 31.7 Å². The maximum atomic E-state index is 12.8. The first-order valence-corrected chi connectivity index (χ1v) is 9.74. The molecule has 2 amide bonds. The molecule has 2 aromatic carbocycles. The number of carbonyl (C=O) groups is 2. The zero-order valence-corrected chi connectivity index (χ0v) is 15.7. The Morgan fingerprint density at radius 3 is 2.64 bits per heavy atom. The molecule has 146 valence electrons. The molecule has 2 aliphatic rings. The van der Waals surface area contributed by atoms with Crippen LogP contribution in [0.5, 0.6) is 11.5 Å². The first kappa shape index (κ1) is 18.3. The average Bonchev–Trinajstić information content (AvgIpc) is 3.24. The molecule has 0 bridgehead atoms. The van der Waals surface area contributed by atoms with Crippen molar-refractivity contribution in [2.75, 3.05) is 26.3 Å². The van der Waals surface area contributed by atoms with E-state index in [1.54, 1.807) is 12.1 Å². The van der Waals surface area contributed by atoms with Crippen molar-refractivity contribution < 1.29 is 19.1 Å². The van der Waals surface area contributed by atoms with E-state index in [0.717, 1.165) is 36.4 Å². The van der Waals surface area contributed by atoms with Gasteiger partial charge in [0.2, 0.25) is 5.91 Å². The summed E-state index contributed by atoms with van der Waals surface area (Å²) in [6.07, 6.45) is 2.20. The summed E-state index contributed by atoms with van der Waals surface area (Å²) in [7, 11) is 0. The van der Waals surface area contributed by atoms with Gasteiger partial charge in [0.1, 0.15) is 13.2 Å². The fourth-order valence-electron chi connectivity index (χ4n) is 3.80. The van der Waals surface area contributed by atoms with Crippen molar-refractivity contribution >= 4 is 11.8 Å². The number of carbonyl (C=O) groups excluding carboxylic acids is 2. The largest absolute Gasteiger partial charge is 0.486 e. The molecule has 1 fully saturated rings. The van der Waals surface area contributed by atoms with E-state index in [-0.39, 0.29) is 17.9 Å². The molecule has 1 atom stereocenters. The normalized spacial score (nSPS) is 18.0. The van der Waals surface area contributed by atoms with Gasteiger partial charge in [-0.1, -0.05) is 24.3 Å². The fourth-order valence-corrected chi connectivity index (χ4v) is 3.80. The lowest BCUT2D eigenvalue weighted by molar-refractivity contribution is -0.132. The summed E-state index contributed by atoms with van der Waals surface area (Å²) in [6.45, 7) is 2.18. The molecule has 2 heterocycles. The Morgan fingerprint density at radius 2 is 1.82 bits per heavy atom. The van der Waals surface area contributed by atoms with Gasteiger partial charge in [-0.3, -0.25) is 9.59 Å². The Balaban J connectivity index is 1.35. The van der Waals surface area contributed by atoms with Gasteiger partial charge in [-0.05, 0) is 42.7 Å². The van der Waals surface area contributed by atoms with Gasteiger partial charge < -0.3 is 19.7 Å². The van der Waals surface area contributed by atoms with Crippen molar-refractivity contribution in [3.63, 3.8) is 0 Å². The first-order chi connectivity index (χ1) is 13.7. The second-order valence-electron chi connectivity index (χ2n) is 7.02. The van der Waals surface area contributed by atoms with Gasteiger partial charge in [0.05, 0.1) is 6.04 Å². The summed E-state index contributed by atoms with van der Waals surface area (Å²) in [5.41, 5.74) is 1.67. The summed E-state index contributed by atoms with van der Waals surface area (Å²) in [5, 5.41) is 2.83. The monoisotopic (exact) mass is 380 g/mol. The van der Waals surface area contributed by atoms with E-state index in [4.69, 9.17) is 9.47 Å². The number of ether oxygens (including phenoxy) is 2. The fraction of sp³-hybridized carbons (Fsp3) is 0.364. The van der Waals surface area contributed by atoms with Crippen LogP contribution in [0.2, 0.25) is 0 Å². The Hall–Kier alpha value is -3.02. The van der Waals surface area contributed by atoms with Crippen LogP contribution in [0.25, 0.3) is 0 Å². The van der Waals surface area contributed by atoms with E-state index >= 15 is 0 Å². The standard InChI is InChI=1S/C22H24N2O4/c25-21(10-11-23-22(26)16-5-2-1-3-6-16)24-12-4-7-18(24)17-8-9-19-20(15-17)28-14-13-27-19/h1-3,5-6,8-9,15,18H,4,7,10-14H2,(H,23,26). The van der Waals surface area contributed by atoms with Gasteiger partial charge in [-0.2, -0.15) is 0 Å². The SMILES string of the molecule is O=C(NCCC(=O)N1CCCC1c1ccc2c(c1)OCCO2)c1ccccc1. The molecule has 2 aliphatic heterocycles. The smallest absolute Gasteiger partial charge is 0.251 e. The quantitative estimate of drug-likeness (QED) is 0.866. The number of fused-ring (bicyclic) bond motifs is 1. The van der Waals surface area contributed by atoms with Gasteiger partial charge in [0.15, 0.2) is 11.5 Å². The maximum Gasteiger partial charge on any atom is 0.251 e. The Morgan fingerprint density at radius 1 is 1.04 bits per heavy atom. The van der Waals surface area contributed by atoms with Crippen molar-refractivity contribution in [2.45, 2.75) is 25.3 Å². The average molecular weight is 380 g/mol. The predicted molar refractivity (Wildman–Crippen MR) is 105 cm³/mol. The molecule has 0 aliphatic carbocycles. The topological polar surface area (TPSA) is 67.9 Å². The molecule has 6 heteroatoms. The van der Waals surface area contributed by atoms with E-state index in [1.165, 1.54) is 0 Å². The highest BCUT2D eigenvalue weighted by Gasteiger charge is 2.30. The summed E-state index contributed by atoms with van der Waals surface area (Å²) >= 11 is 0. The number of rotatable bonds is 5. The minimum absolute atomic E-state index is 0.0492. The van der Waals surface area contributed by atoms with Crippen molar-refractivity contribution in [3.8, 4) is 11.5 Å². The molecule has 0 aromatic heterocycles. The van der Waals surface area contributed by atoms with Crippen LogP contribution < -0.4 is 14.8 Å². The summed E-state index contributed by atoms with van der Waals surface area (Å²) in [4.78, 5) is 26.8. The molecular formula is C22H24N2O4. The number of nitrogens with one attached hydrogen (secondary N) is 1. The van der Waals surface area contributed by atoms with Crippen LogP contribution in [-0.4, -0.2) is 43.0 Å².